The first-order chi connectivity index (χ1) is 9.69. The Morgan fingerprint density at radius 2 is 2.05 bits per heavy atom. The van der Waals surface area contributed by atoms with Gasteiger partial charge in [-0.3, -0.25) is 10.1 Å². The number of nitro groups is 1. The second-order valence-corrected chi connectivity index (χ2v) is 4.74. The van der Waals surface area contributed by atoms with Crippen molar-refractivity contribution in [1.82, 2.24) is 0 Å². The lowest BCUT2D eigenvalue weighted by Gasteiger charge is -2.14. The summed E-state index contributed by atoms with van der Waals surface area (Å²) < 4.78 is 5.50. The van der Waals surface area contributed by atoms with Crippen molar-refractivity contribution in [2.45, 2.75) is 38.8 Å². The van der Waals surface area contributed by atoms with E-state index >= 15 is 0 Å². The SMILES string of the molecule is CC[C@@H]([C@H](C=O)CCCOCc1ccccc1)[N+](=O)[O-]. The average molecular weight is 279 g/mol. The maximum Gasteiger partial charge on any atom is 0.222 e. The minimum absolute atomic E-state index is 0.357. The summed E-state index contributed by atoms with van der Waals surface area (Å²) in [5, 5.41) is 10.8. The Morgan fingerprint density at radius 3 is 2.60 bits per heavy atom. The van der Waals surface area contributed by atoms with Gasteiger partial charge in [0.25, 0.3) is 0 Å². The number of nitrogens with zero attached hydrogens (tertiary/aromatic N) is 1. The van der Waals surface area contributed by atoms with Crippen molar-refractivity contribution in [3.8, 4) is 0 Å². The highest BCUT2D eigenvalue weighted by atomic mass is 16.6. The highest BCUT2D eigenvalue weighted by Gasteiger charge is 2.28. The molecule has 0 amide bonds. The fourth-order valence-corrected chi connectivity index (χ4v) is 2.14. The topological polar surface area (TPSA) is 69.4 Å². The lowest BCUT2D eigenvalue weighted by Crippen LogP contribution is -2.29. The number of hydrogen-bond donors (Lipinski definition) is 0. The predicted octanol–water partition coefficient (Wildman–Crippen LogP) is 2.85. The van der Waals surface area contributed by atoms with Crippen LogP contribution in [-0.2, 0) is 16.1 Å². The first kappa shape index (κ1) is 16.3. The third-order valence-electron chi connectivity index (χ3n) is 3.30. The van der Waals surface area contributed by atoms with E-state index in [-0.39, 0.29) is 4.92 Å². The van der Waals surface area contributed by atoms with E-state index in [2.05, 4.69) is 0 Å². The van der Waals surface area contributed by atoms with Gasteiger partial charge in [0.15, 0.2) is 0 Å². The predicted molar refractivity (Wildman–Crippen MR) is 76.0 cm³/mol. The molecule has 20 heavy (non-hydrogen) atoms. The zero-order chi connectivity index (χ0) is 14.8. The molecular formula is C15H21NO4. The lowest BCUT2D eigenvalue weighted by molar-refractivity contribution is -0.529. The second-order valence-electron chi connectivity index (χ2n) is 4.74. The maximum absolute atomic E-state index is 10.9. The van der Waals surface area contributed by atoms with E-state index < -0.39 is 12.0 Å². The number of aldehydes is 1. The Hall–Kier alpha value is -1.75. The van der Waals surface area contributed by atoms with Gasteiger partial charge in [0.05, 0.1) is 12.5 Å². The van der Waals surface area contributed by atoms with Crippen LogP contribution < -0.4 is 0 Å². The molecule has 0 radical (unpaired) electrons. The number of carbonyl (C=O) groups excluding carboxylic acids is 1. The largest absolute Gasteiger partial charge is 0.377 e. The van der Waals surface area contributed by atoms with Crippen LogP contribution in [0.5, 0.6) is 0 Å². The monoisotopic (exact) mass is 279 g/mol. The quantitative estimate of drug-likeness (QED) is 0.286. The molecule has 0 N–H and O–H groups in total. The summed E-state index contributed by atoms with van der Waals surface area (Å²) in [6.07, 6.45) is 2.23. The molecule has 0 aliphatic carbocycles. The van der Waals surface area contributed by atoms with Gasteiger partial charge < -0.3 is 9.53 Å². The number of benzene rings is 1. The molecule has 1 aromatic rings. The summed E-state index contributed by atoms with van der Waals surface area (Å²) in [5.41, 5.74) is 1.09. The zero-order valence-electron chi connectivity index (χ0n) is 11.7. The molecule has 1 rings (SSSR count). The van der Waals surface area contributed by atoms with Crippen LogP contribution in [0.25, 0.3) is 0 Å². The Morgan fingerprint density at radius 1 is 1.35 bits per heavy atom. The van der Waals surface area contributed by atoms with Crippen molar-refractivity contribution in [3.05, 3.63) is 46.0 Å². The summed E-state index contributed by atoms with van der Waals surface area (Å²) in [5.74, 6) is -0.518. The molecule has 2 atom stereocenters. The molecule has 110 valence electrons. The van der Waals surface area contributed by atoms with Crippen LogP contribution in [0.2, 0.25) is 0 Å². The number of carbonyl (C=O) groups is 1. The van der Waals surface area contributed by atoms with Crippen LogP contribution in [0.4, 0.5) is 0 Å². The second kappa shape index (κ2) is 9.20. The zero-order valence-corrected chi connectivity index (χ0v) is 11.7. The van der Waals surface area contributed by atoms with Gasteiger partial charge in [-0.2, -0.15) is 0 Å². The van der Waals surface area contributed by atoms with Crippen molar-refractivity contribution in [3.63, 3.8) is 0 Å². The van der Waals surface area contributed by atoms with Crippen LogP contribution in [-0.4, -0.2) is 23.9 Å². The minimum Gasteiger partial charge on any atom is -0.377 e. The number of ether oxygens (including phenoxy) is 1. The van der Waals surface area contributed by atoms with Crippen molar-refractivity contribution in [1.29, 1.82) is 0 Å². The minimum atomic E-state index is -0.776. The van der Waals surface area contributed by atoms with Gasteiger partial charge >= 0.3 is 0 Å². The van der Waals surface area contributed by atoms with Crippen LogP contribution >= 0.6 is 0 Å². The van der Waals surface area contributed by atoms with Gasteiger partial charge in [0, 0.05) is 18.0 Å². The molecule has 1 aromatic carbocycles. The van der Waals surface area contributed by atoms with E-state index in [4.69, 9.17) is 4.74 Å². The van der Waals surface area contributed by atoms with Crippen LogP contribution in [0.3, 0.4) is 0 Å². The first-order valence-corrected chi connectivity index (χ1v) is 6.89. The standard InChI is InChI=1S/C15H21NO4/c1-2-15(16(18)19)14(11-17)9-6-10-20-12-13-7-4-3-5-8-13/h3-5,7-8,11,14-15H,2,6,9-10,12H2,1H3/t14-,15-/m0/s1. The Bertz CT molecular complexity index is 408. The van der Waals surface area contributed by atoms with E-state index in [0.29, 0.717) is 38.8 Å². The molecule has 0 aliphatic heterocycles. The Labute approximate surface area is 119 Å². The van der Waals surface area contributed by atoms with E-state index in [1.54, 1.807) is 6.92 Å². The Balaban J connectivity index is 2.25. The van der Waals surface area contributed by atoms with Crippen molar-refractivity contribution in [2.24, 2.45) is 5.92 Å². The summed E-state index contributed by atoms with van der Waals surface area (Å²) in [7, 11) is 0. The summed E-state index contributed by atoms with van der Waals surface area (Å²) in [4.78, 5) is 21.4. The third-order valence-corrected chi connectivity index (χ3v) is 3.30. The number of rotatable bonds is 10. The first-order valence-electron chi connectivity index (χ1n) is 6.89. The molecule has 0 saturated heterocycles. The summed E-state index contributed by atoms with van der Waals surface area (Å²) in [6, 6.07) is 9.03. The fourth-order valence-electron chi connectivity index (χ4n) is 2.14. The molecule has 0 spiro atoms. The van der Waals surface area contributed by atoms with E-state index in [1.165, 1.54) is 0 Å². The molecule has 0 unspecified atom stereocenters. The molecule has 0 fully saturated rings. The smallest absolute Gasteiger partial charge is 0.222 e. The molecule has 0 heterocycles. The van der Waals surface area contributed by atoms with Crippen molar-refractivity contribution in [2.75, 3.05) is 6.61 Å². The lowest BCUT2D eigenvalue weighted by atomic mass is 9.95. The van der Waals surface area contributed by atoms with Crippen molar-refractivity contribution < 1.29 is 14.5 Å². The van der Waals surface area contributed by atoms with Gasteiger partial charge in [-0.05, 0) is 18.4 Å². The average Bonchev–Trinajstić information content (AvgIpc) is 2.46. The fraction of sp³-hybridized carbons (Fsp3) is 0.533. The van der Waals surface area contributed by atoms with Crippen LogP contribution in [0, 0.1) is 16.0 Å². The molecule has 5 heteroatoms. The third kappa shape index (κ3) is 5.48. The van der Waals surface area contributed by atoms with E-state index in [9.17, 15) is 14.9 Å². The van der Waals surface area contributed by atoms with Gasteiger partial charge in [0.2, 0.25) is 6.04 Å². The van der Waals surface area contributed by atoms with E-state index in [1.807, 2.05) is 30.3 Å². The van der Waals surface area contributed by atoms with Crippen LogP contribution in [0.15, 0.2) is 30.3 Å². The number of hydrogen-bond acceptors (Lipinski definition) is 4. The maximum atomic E-state index is 10.9. The normalized spacial score (nSPS) is 13.7. The van der Waals surface area contributed by atoms with Gasteiger partial charge in [-0.25, -0.2) is 0 Å². The van der Waals surface area contributed by atoms with Gasteiger partial charge in [-0.1, -0.05) is 37.3 Å². The molecular weight excluding hydrogens is 258 g/mol. The van der Waals surface area contributed by atoms with Crippen molar-refractivity contribution >= 4 is 6.29 Å². The molecule has 0 aliphatic rings. The van der Waals surface area contributed by atoms with Gasteiger partial charge in [-0.15, -0.1) is 0 Å². The highest BCUT2D eigenvalue weighted by Crippen LogP contribution is 2.15. The molecule has 0 bridgehead atoms. The van der Waals surface area contributed by atoms with E-state index in [0.717, 1.165) is 5.56 Å². The summed E-state index contributed by atoms with van der Waals surface area (Å²) in [6.45, 7) is 2.77. The molecule has 0 saturated carbocycles. The van der Waals surface area contributed by atoms with Crippen LogP contribution in [0.1, 0.15) is 31.7 Å². The van der Waals surface area contributed by atoms with Gasteiger partial charge in [0.1, 0.15) is 6.29 Å². The highest BCUT2D eigenvalue weighted by molar-refractivity contribution is 5.54. The molecule has 0 aromatic heterocycles. The Kier molecular flexibility index (Phi) is 7.50. The summed E-state index contributed by atoms with van der Waals surface area (Å²) >= 11 is 0. The molecule has 5 nitrogen and oxygen atoms in total.